The van der Waals surface area contributed by atoms with E-state index in [1.54, 1.807) is 67.1 Å². The minimum absolute atomic E-state index is 0.0716. The van der Waals surface area contributed by atoms with E-state index < -0.39 is 6.04 Å². The number of rotatable bonds is 7. The predicted octanol–water partition coefficient (Wildman–Crippen LogP) is 4.78. The van der Waals surface area contributed by atoms with Gasteiger partial charge in [0.1, 0.15) is 5.75 Å². The van der Waals surface area contributed by atoms with Crippen molar-refractivity contribution in [3.05, 3.63) is 114 Å². The molecule has 0 spiro atoms. The van der Waals surface area contributed by atoms with Crippen LogP contribution in [0.2, 0.25) is 0 Å². The van der Waals surface area contributed by atoms with Gasteiger partial charge in [-0.3, -0.25) is 14.8 Å². The molecule has 0 aliphatic rings. The van der Waals surface area contributed by atoms with Gasteiger partial charge in [-0.25, -0.2) is 0 Å². The summed E-state index contributed by atoms with van der Waals surface area (Å²) in [7, 11) is 0. The van der Waals surface area contributed by atoms with Crippen LogP contribution in [0.25, 0.3) is 11.3 Å². The second kappa shape index (κ2) is 9.66. The number of nitrogens with one attached hydrogen (secondary N) is 2. The molecule has 0 saturated heterocycles. The zero-order chi connectivity index (χ0) is 22.3. The number of hydrogen-bond donors (Lipinski definition) is 3. The van der Waals surface area contributed by atoms with Gasteiger partial charge in [0.15, 0.2) is 0 Å². The Bertz CT molecular complexity index is 1210. The minimum atomic E-state index is -0.577. The first-order valence-electron chi connectivity index (χ1n) is 10.2. The lowest BCUT2D eigenvalue weighted by Gasteiger charge is -2.21. The maximum Gasteiger partial charge on any atom is 0.251 e. The topological polar surface area (TPSA) is 99.0 Å². The average Bonchev–Trinajstić information content (AvgIpc) is 2.85. The molecule has 4 rings (SSSR count). The Morgan fingerprint density at radius 1 is 0.906 bits per heavy atom. The third kappa shape index (κ3) is 4.87. The summed E-state index contributed by atoms with van der Waals surface area (Å²) in [5, 5.41) is 21.8. The summed E-state index contributed by atoms with van der Waals surface area (Å²) in [4.78, 5) is 21.4. The highest BCUT2D eigenvalue weighted by molar-refractivity contribution is 5.99. The number of phenols is 1. The number of hydrogen-bond acceptors (Lipinski definition) is 5. The van der Waals surface area contributed by atoms with Gasteiger partial charge in [-0.2, -0.15) is 0 Å². The Morgan fingerprint density at radius 3 is 2.38 bits per heavy atom. The van der Waals surface area contributed by atoms with Crippen molar-refractivity contribution in [2.75, 3.05) is 0 Å². The molecule has 2 aromatic heterocycles. The van der Waals surface area contributed by atoms with Crippen LogP contribution in [-0.4, -0.2) is 26.7 Å². The summed E-state index contributed by atoms with van der Waals surface area (Å²) in [5.74, 6) is -0.216. The molecule has 0 radical (unpaired) electrons. The normalized spacial score (nSPS) is 11.5. The second-order valence-electron chi connectivity index (χ2n) is 7.30. The Morgan fingerprint density at radius 2 is 1.69 bits per heavy atom. The van der Waals surface area contributed by atoms with E-state index in [1.165, 1.54) is 0 Å². The van der Waals surface area contributed by atoms with Crippen molar-refractivity contribution in [3.8, 4) is 17.0 Å². The van der Waals surface area contributed by atoms with Crippen molar-refractivity contribution in [3.63, 3.8) is 0 Å². The number of carbonyl (C=O) groups is 1. The average molecular weight is 422 g/mol. The third-order valence-corrected chi connectivity index (χ3v) is 5.14. The van der Waals surface area contributed by atoms with Gasteiger partial charge in [-0.15, -0.1) is 0 Å². The fourth-order valence-electron chi connectivity index (χ4n) is 3.45. The Hall–Kier alpha value is -4.32. The zero-order valence-electron chi connectivity index (χ0n) is 17.3. The quantitative estimate of drug-likeness (QED) is 0.373. The van der Waals surface area contributed by atoms with Crippen LogP contribution in [0.3, 0.4) is 0 Å². The monoisotopic (exact) mass is 422 g/mol. The molecule has 4 aromatic rings. The molecule has 3 N–H and O–H groups in total. The number of nitrogens with zero attached hydrogens (tertiary/aromatic N) is 2. The Balaban J connectivity index is 1.56. The first kappa shape index (κ1) is 20.9. The van der Waals surface area contributed by atoms with Crippen LogP contribution in [-0.2, 0) is 0 Å². The lowest BCUT2D eigenvalue weighted by Crippen LogP contribution is -2.30. The molecule has 1 unspecified atom stereocenters. The third-order valence-electron chi connectivity index (χ3n) is 5.14. The van der Waals surface area contributed by atoms with Crippen molar-refractivity contribution >= 4 is 11.6 Å². The molecule has 0 aliphatic carbocycles. The summed E-state index contributed by atoms with van der Waals surface area (Å²) in [5.41, 5.74) is 3.77. The molecule has 0 saturated carbocycles. The highest BCUT2D eigenvalue weighted by atomic mass is 16.3. The highest BCUT2D eigenvalue weighted by Crippen LogP contribution is 2.28. The van der Waals surface area contributed by atoms with Gasteiger partial charge in [-0.1, -0.05) is 42.5 Å². The van der Waals surface area contributed by atoms with Crippen LogP contribution in [0.15, 0.2) is 97.5 Å². The lowest BCUT2D eigenvalue weighted by molar-refractivity contribution is 0.0937. The van der Waals surface area contributed by atoms with Crippen molar-refractivity contribution < 1.29 is 9.90 Å². The van der Waals surface area contributed by atoms with E-state index in [-0.39, 0.29) is 18.1 Å². The Kier molecular flexibility index (Phi) is 6.32. The zero-order valence-corrected chi connectivity index (χ0v) is 17.3. The molecule has 2 heterocycles. The van der Waals surface area contributed by atoms with Gasteiger partial charge in [-0.05, 0) is 36.4 Å². The van der Waals surface area contributed by atoms with Gasteiger partial charge in [0.2, 0.25) is 0 Å². The summed E-state index contributed by atoms with van der Waals surface area (Å²) in [6, 6.07) is 22.7. The Labute approximate surface area is 186 Å². The maximum atomic E-state index is 13.0. The van der Waals surface area contributed by atoms with Crippen LogP contribution in [0, 0.1) is 5.41 Å². The minimum Gasteiger partial charge on any atom is -0.508 e. The molecule has 2 aromatic carbocycles. The molecule has 0 aliphatic heterocycles. The fraction of sp³-hybridized carbons (Fsp3) is 0.0769. The number of aromatic nitrogens is 2. The fourth-order valence-corrected chi connectivity index (χ4v) is 3.45. The van der Waals surface area contributed by atoms with Crippen LogP contribution >= 0.6 is 0 Å². The molecule has 1 atom stereocenters. The van der Waals surface area contributed by atoms with Gasteiger partial charge >= 0.3 is 0 Å². The summed E-state index contributed by atoms with van der Waals surface area (Å²) in [6.07, 6.45) is 5.20. The van der Waals surface area contributed by atoms with E-state index in [2.05, 4.69) is 15.3 Å². The molecule has 6 heteroatoms. The van der Waals surface area contributed by atoms with E-state index in [1.807, 2.05) is 30.3 Å². The van der Waals surface area contributed by atoms with E-state index in [0.717, 1.165) is 11.3 Å². The number of phenolic OH excluding ortho intramolecular Hbond substituents is 1. The van der Waals surface area contributed by atoms with Crippen molar-refractivity contribution in [2.45, 2.75) is 12.5 Å². The molecule has 1 amide bonds. The molecular weight excluding hydrogens is 400 g/mol. The number of aromatic hydroxyl groups is 1. The molecule has 0 bridgehead atoms. The maximum absolute atomic E-state index is 13.0. The summed E-state index contributed by atoms with van der Waals surface area (Å²) in [6.45, 7) is 0. The van der Waals surface area contributed by atoms with E-state index in [9.17, 15) is 9.90 Å². The van der Waals surface area contributed by atoms with Gasteiger partial charge in [0, 0.05) is 53.0 Å². The van der Waals surface area contributed by atoms with Crippen molar-refractivity contribution in [2.24, 2.45) is 0 Å². The molecule has 6 nitrogen and oxygen atoms in total. The molecule has 0 fully saturated rings. The van der Waals surface area contributed by atoms with Crippen LogP contribution < -0.4 is 5.32 Å². The van der Waals surface area contributed by atoms with Gasteiger partial charge < -0.3 is 15.8 Å². The van der Waals surface area contributed by atoms with Crippen molar-refractivity contribution in [1.29, 1.82) is 5.41 Å². The van der Waals surface area contributed by atoms with Gasteiger partial charge in [0.05, 0.1) is 11.7 Å². The molecule has 32 heavy (non-hydrogen) atoms. The predicted molar refractivity (Wildman–Crippen MR) is 124 cm³/mol. The highest BCUT2D eigenvalue weighted by Gasteiger charge is 2.21. The second-order valence-corrected chi connectivity index (χ2v) is 7.30. The number of pyridine rings is 2. The first-order valence-corrected chi connectivity index (χ1v) is 10.2. The van der Waals surface area contributed by atoms with E-state index in [0.29, 0.717) is 22.4 Å². The first-order chi connectivity index (χ1) is 15.6. The largest absolute Gasteiger partial charge is 0.508 e. The van der Waals surface area contributed by atoms with Gasteiger partial charge in [0.25, 0.3) is 5.91 Å². The van der Waals surface area contributed by atoms with Crippen molar-refractivity contribution in [1.82, 2.24) is 15.3 Å². The van der Waals surface area contributed by atoms with E-state index >= 15 is 0 Å². The lowest BCUT2D eigenvalue weighted by atomic mass is 9.96. The van der Waals surface area contributed by atoms with E-state index in [4.69, 9.17) is 5.41 Å². The molecular formula is C26H22N4O2. The number of benzene rings is 2. The van der Waals surface area contributed by atoms with Crippen LogP contribution in [0.5, 0.6) is 5.75 Å². The summed E-state index contributed by atoms with van der Waals surface area (Å²) >= 11 is 0. The molecule has 158 valence electrons. The number of amides is 1. The SMILES string of the molecule is N=C(CC(NC(=O)c1ccc(-c2ccccn2)cc1)c1ccccc1O)c1cccnc1. The number of para-hydroxylation sites is 1. The van der Waals surface area contributed by atoms with Crippen LogP contribution in [0.4, 0.5) is 0 Å². The van der Waals surface area contributed by atoms with Crippen LogP contribution in [0.1, 0.15) is 33.9 Å². The summed E-state index contributed by atoms with van der Waals surface area (Å²) < 4.78 is 0. The standard InChI is InChI=1S/C26H22N4O2/c27-22(20-6-5-14-28-17-20)16-24(21-7-1-2-9-25(21)31)30-26(32)19-12-10-18(11-13-19)23-8-3-4-15-29-23/h1-15,17,24,27,31H,16H2,(H,30,32). The number of carbonyl (C=O) groups excluding carboxylic acids is 1. The smallest absolute Gasteiger partial charge is 0.251 e.